The molecule has 128 valence electrons. The molecule has 1 saturated carbocycles. The molecule has 0 radical (unpaired) electrons. The summed E-state index contributed by atoms with van der Waals surface area (Å²) >= 11 is 0. The van der Waals surface area contributed by atoms with Gasteiger partial charge in [0.2, 0.25) is 5.91 Å². The summed E-state index contributed by atoms with van der Waals surface area (Å²) in [6, 6.07) is 6.51. The third kappa shape index (κ3) is 4.77. The summed E-state index contributed by atoms with van der Waals surface area (Å²) in [6.45, 7) is 4.21. The predicted octanol–water partition coefficient (Wildman–Crippen LogP) is 3.96. The van der Waals surface area contributed by atoms with Crippen molar-refractivity contribution >= 4 is 5.91 Å². The number of hydrogen-bond donors (Lipinski definition) is 1. The Labute approximate surface area is 138 Å². The maximum atomic E-state index is 13.6. The fraction of sp³-hybridized carbons (Fsp3) is 0.632. The van der Waals surface area contributed by atoms with Gasteiger partial charge in [-0.1, -0.05) is 38.3 Å². The highest BCUT2D eigenvalue weighted by atomic mass is 19.1. The molecule has 0 spiro atoms. The molecule has 0 aromatic heterocycles. The monoisotopic (exact) mass is 321 g/mol. The van der Waals surface area contributed by atoms with Gasteiger partial charge >= 0.3 is 0 Å². The maximum Gasteiger partial charge on any atom is 0.230 e. The van der Waals surface area contributed by atoms with Crippen LogP contribution >= 0.6 is 0 Å². The Morgan fingerprint density at radius 1 is 1.26 bits per heavy atom. The van der Waals surface area contributed by atoms with Gasteiger partial charge in [-0.05, 0) is 43.4 Å². The predicted molar refractivity (Wildman–Crippen MR) is 89.9 cm³/mol. The second kappa shape index (κ2) is 9.02. The molecule has 1 aliphatic carbocycles. The molecule has 0 bridgehead atoms. The third-order valence-electron chi connectivity index (χ3n) is 4.66. The molecule has 0 saturated heterocycles. The second-order valence-corrected chi connectivity index (χ2v) is 6.37. The molecule has 4 heteroatoms. The Morgan fingerprint density at radius 3 is 2.70 bits per heavy atom. The number of ether oxygens (including phenoxy) is 1. The maximum absolute atomic E-state index is 13.6. The van der Waals surface area contributed by atoms with E-state index in [2.05, 4.69) is 12.2 Å². The van der Waals surface area contributed by atoms with E-state index in [0.29, 0.717) is 13.2 Å². The number of unbranched alkanes of at least 4 members (excludes halogenated alkanes) is 1. The summed E-state index contributed by atoms with van der Waals surface area (Å²) in [5.74, 6) is -0.236. The van der Waals surface area contributed by atoms with Gasteiger partial charge in [0, 0.05) is 19.8 Å². The lowest BCUT2D eigenvalue weighted by atomic mass is 9.78. The molecule has 1 N–H and O–H groups in total. The Morgan fingerprint density at radius 2 is 2.00 bits per heavy atom. The van der Waals surface area contributed by atoms with Gasteiger partial charge in [-0.2, -0.15) is 0 Å². The number of amides is 1. The van der Waals surface area contributed by atoms with Gasteiger partial charge < -0.3 is 10.1 Å². The summed E-state index contributed by atoms with van der Waals surface area (Å²) in [5.41, 5.74) is 0.261. The SMILES string of the molecule is CCCCOCCCNC(=O)C1(c2cccc(F)c2)CCCC1. The Kier molecular flexibility index (Phi) is 7.03. The first kappa shape index (κ1) is 17.9. The summed E-state index contributed by atoms with van der Waals surface area (Å²) < 4.78 is 19.1. The topological polar surface area (TPSA) is 38.3 Å². The van der Waals surface area contributed by atoms with E-state index in [0.717, 1.165) is 57.1 Å². The van der Waals surface area contributed by atoms with Gasteiger partial charge in [-0.15, -0.1) is 0 Å². The molecule has 1 amide bonds. The zero-order valence-corrected chi connectivity index (χ0v) is 14.1. The van der Waals surface area contributed by atoms with Crippen molar-refractivity contribution in [1.29, 1.82) is 0 Å². The van der Waals surface area contributed by atoms with E-state index in [-0.39, 0.29) is 11.7 Å². The lowest BCUT2D eigenvalue weighted by Gasteiger charge is -2.28. The number of halogens is 1. The van der Waals surface area contributed by atoms with E-state index < -0.39 is 5.41 Å². The van der Waals surface area contributed by atoms with Crippen LogP contribution < -0.4 is 5.32 Å². The standard InChI is InChI=1S/C19H28FNO2/c1-2-3-13-23-14-7-12-21-18(22)19(10-4-5-11-19)16-8-6-9-17(20)15-16/h6,8-9,15H,2-5,7,10-14H2,1H3,(H,21,22). The van der Waals surface area contributed by atoms with Crippen LogP contribution in [0.5, 0.6) is 0 Å². The van der Waals surface area contributed by atoms with Crippen molar-refractivity contribution in [2.24, 2.45) is 0 Å². The minimum absolute atomic E-state index is 0.0363. The number of carbonyl (C=O) groups is 1. The van der Waals surface area contributed by atoms with Crippen LogP contribution in [0.4, 0.5) is 4.39 Å². The van der Waals surface area contributed by atoms with Crippen LogP contribution in [0.1, 0.15) is 57.4 Å². The third-order valence-corrected chi connectivity index (χ3v) is 4.66. The molecular formula is C19H28FNO2. The molecule has 1 aliphatic rings. The minimum Gasteiger partial charge on any atom is -0.381 e. The van der Waals surface area contributed by atoms with E-state index in [9.17, 15) is 9.18 Å². The second-order valence-electron chi connectivity index (χ2n) is 6.37. The van der Waals surface area contributed by atoms with Crippen LogP contribution in [-0.2, 0) is 14.9 Å². The fourth-order valence-electron chi connectivity index (χ4n) is 3.31. The van der Waals surface area contributed by atoms with E-state index >= 15 is 0 Å². The van der Waals surface area contributed by atoms with Gasteiger partial charge in [-0.25, -0.2) is 4.39 Å². The molecule has 0 heterocycles. The molecule has 3 nitrogen and oxygen atoms in total. The summed E-state index contributed by atoms with van der Waals surface area (Å²) in [4.78, 5) is 12.7. The lowest BCUT2D eigenvalue weighted by molar-refractivity contribution is -0.126. The number of benzene rings is 1. The van der Waals surface area contributed by atoms with Crippen molar-refractivity contribution in [1.82, 2.24) is 5.32 Å². The number of hydrogen-bond acceptors (Lipinski definition) is 2. The zero-order chi connectivity index (χ0) is 16.5. The zero-order valence-electron chi connectivity index (χ0n) is 14.1. The van der Waals surface area contributed by atoms with Crippen LogP contribution in [0.15, 0.2) is 24.3 Å². The van der Waals surface area contributed by atoms with Crippen molar-refractivity contribution in [3.63, 3.8) is 0 Å². The largest absolute Gasteiger partial charge is 0.381 e. The van der Waals surface area contributed by atoms with Crippen molar-refractivity contribution in [3.05, 3.63) is 35.6 Å². The Bertz CT molecular complexity index is 498. The highest BCUT2D eigenvalue weighted by Gasteiger charge is 2.42. The molecule has 1 fully saturated rings. The van der Waals surface area contributed by atoms with E-state index in [1.807, 2.05) is 6.07 Å². The van der Waals surface area contributed by atoms with Gasteiger partial charge in [0.05, 0.1) is 5.41 Å². The molecule has 1 aromatic rings. The summed E-state index contributed by atoms with van der Waals surface area (Å²) in [6.07, 6.45) is 6.66. The molecule has 1 aromatic carbocycles. The summed E-state index contributed by atoms with van der Waals surface area (Å²) in [5, 5.41) is 3.03. The molecule has 0 atom stereocenters. The van der Waals surface area contributed by atoms with Crippen LogP contribution in [0, 0.1) is 5.82 Å². The highest BCUT2D eigenvalue weighted by molar-refractivity contribution is 5.88. The van der Waals surface area contributed by atoms with Crippen molar-refractivity contribution in [2.45, 2.75) is 57.3 Å². The van der Waals surface area contributed by atoms with Crippen LogP contribution in [0.2, 0.25) is 0 Å². The van der Waals surface area contributed by atoms with Gasteiger partial charge in [0.1, 0.15) is 5.82 Å². The van der Waals surface area contributed by atoms with Gasteiger partial charge in [0.15, 0.2) is 0 Å². The summed E-state index contributed by atoms with van der Waals surface area (Å²) in [7, 11) is 0. The van der Waals surface area contributed by atoms with Crippen molar-refractivity contribution in [2.75, 3.05) is 19.8 Å². The van der Waals surface area contributed by atoms with Crippen LogP contribution in [-0.4, -0.2) is 25.7 Å². The average Bonchev–Trinajstić information content (AvgIpc) is 3.05. The Hall–Kier alpha value is -1.42. The van der Waals surface area contributed by atoms with Gasteiger partial charge in [-0.3, -0.25) is 4.79 Å². The highest BCUT2D eigenvalue weighted by Crippen LogP contribution is 2.41. The average molecular weight is 321 g/mol. The quantitative estimate of drug-likeness (QED) is 0.699. The molecule has 0 aliphatic heterocycles. The lowest BCUT2D eigenvalue weighted by Crippen LogP contribution is -2.43. The normalized spacial score (nSPS) is 16.4. The first-order valence-electron chi connectivity index (χ1n) is 8.81. The number of nitrogens with one attached hydrogen (secondary N) is 1. The number of rotatable bonds is 9. The smallest absolute Gasteiger partial charge is 0.230 e. The van der Waals surface area contributed by atoms with Crippen molar-refractivity contribution in [3.8, 4) is 0 Å². The van der Waals surface area contributed by atoms with Crippen LogP contribution in [0.25, 0.3) is 0 Å². The van der Waals surface area contributed by atoms with Crippen molar-refractivity contribution < 1.29 is 13.9 Å². The molecule has 23 heavy (non-hydrogen) atoms. The Balaban J connectivity index is 1.87. The van der Waals surface area contributed by atoms with E-state index in [1.54, 1.807) is 6.07 Å². The van der Waals surface area contributed by atoms with E-state index in [1.165, 1.54) is 12.1 Å². The fourth-order valence-corrected chi connectivity index (χ4v) is 3.31. The van der Waals surface area contributed by atoms with Gasteiger partial charge in [0.25, 0.3) is 0 Å². The van der Waals surface area contributed by atoms with E-state index in [4.69, 9.17) is 4.74 Å². The first-order valence-corrected chi connectivity index (χ1v) is 8.81. The van der Waals surface area contributed by atoms with Crippen LogP contribution in [0.3, 0.4) is 0 Å². The number of carbonyl (C=O) groups excluding carboxylic acids is 1. The minimum atomic E-state index is -0.550. The molecule has 0 unspecified atom stereocenters. The molecular weight excluding hydrogens is 293 g/mol. The molecule has 2 rings (SSSR count). The first-order chi connectivity index (χ1) is 11.2.